The molecule has 86 valence electrons. The van der Waals surface area contributed by atoms with E-state index in [-0.39, 0.29) is 19.8 Å². The summed E-state index contributed by atoms with van der Waals surface area (Å²) in [6.45, 7) is -0.370. The molecule has 0 atom stereocenters. The first kappa shape index (κ1) is 12.7. The highest BCUT2D eigenvalue weighted by Crippen LogP contribution is 2.00. The Kier molecular flexibility index (Phi) is 5.53. The van der Waals surface area contributed by atoms with Gasteiger partial charge in [-0.3, -0.25) is 4.79 Å². The van der Waals surface area contributed by atoms with Crippen LogP contribution < -0.4 is 0 Å². The molecule has 16 heavy (non-hydrogen) atoms. The van der Waals surface area contributed by atoms with Crippen molar-refractivity contribution in [2.24, 2.45) is 0 Å². The highest BCUT2D eigenvalue weighted by atomic mass is 35.5. The van der Waals surface area contributed by atoms with E-state index in [2.05, 4.69) is 4.74 Å². The van der Waals surface area contributed by atoms with Crippen molar-refractivity contribution >= 4 is 22.8 Å². The molecule has 0 radical (unpaired) electrons. The number of hydrogen-bond donors (Lipinski definition) is 0. The topological polar surface area (TPSA) is 52.6 Å². The van der Waals surface area contributed by atoms with Gasteiger partial charge < -0.3 is 9.47 Å². The Morgan fingerprint density at radius 1 is 1.12 bits per heavy atom. The first-order chi connectivity index (χ1) is 7.68. The van der Waals surface area contributed by atoms with E-state index in [0.29, 0.717) is 0 Å². The van der Waals surface area contributed by atoms with Crippen LogP contribution in [0.25, 0.3) is 0 Å². The van der Waals surface area contributed by atoms with Crippen molar-refractivity contribution in [3.05, 3.63) is 35.9 Å². The van der Waals surface area contributed by atoms with E-state index in [1.165, 1.54) is 0 Å². The van der Waals surface area contributed by atoms with Crippen molar-refractivity contribution in [1.29, 1.82) is 0 Å². The van der Waals surface area contributed by atoms with Gasteiger partial charge in [-0.2, -0.15) is 0 Å². The van der Waals surface area contributed by atoms with E-state index in [9.17, 15) is 9.59 Å². The van der Waals surface area contributed by atoms with E-state index < -0.39 is 11.2 Å². The van der Waals surface area contributed by atoms with Crippen LogP contribution >= 0.6 is 11.6 Å². The molecule has 0 fully saturated rings. The zero-order valence-electron chi connectivity index (χ0n) is 8.52. The molecule has 4 nitrogen and oxygen atoms in total. The minimum atomic E-state index is -0.643. The normalized spacial score (nSPS) is 9.81. The van der Waals surface area contributed by atoms with Crippen LogP contribution in [-0.2, 0) is 25.7 Å². The van der Waals surface area contributed by atoms with E-state index in [0.717, 1.165) is 5.56 Å². The van der Waals surface area contributed by atoms with Gasteiger partial charge in [-0.1, -0.05) is 30.3 Å². The van der Waals surface area contributed by atoms with Gasteiger partial charge in [0.15, 0.2) is 0 Å². The molecule has 5 heteroatoms. The summed E-state index contributed by atoms with van der Waals surface area (Å²) < 4.78 is 9.58. The zero-order chi connectivity index (χ0) is 11.8. The predicted octanol–water partition coefficient (Wildman–Crippen LogP) is 1.51. The van der Waals surface area contributed by atoms with E-state index >= 15 is 0 Å². The molecule has 1 aromatic rings. The van der Waals surface area contributed by atoms with Crippen LogP contribution in [0.2, 0.25) is 0 Å². The average Bonchev–Trinajstić information content (AvgIpc) is 2.27. The first-order valence-corrected chi connectivity index (χ1v) is 5.02. The van der Waals surface area contributed by atoms with E-state index in [4.69, 9.17) is 16.3 Å². The molecule has 0 aromatic heterocycles. The Hall–Kier alpha value is -1.39. The second kappa shape index (κ2) is 6.98. The predicted molar refractivity (Wildman–Crippen MR) is 57.9 cm³/mol. The Balaban J connectivity index is 2.18. The lowest BCUT2D eigenvalue weighted by Gasteiger charge is -2.04. The van der Waals surface area contributed by atoms with Gasteiger partial charge in [-0.25, -0.2) is 4.79 Å². The zero-order valence-corrected chi connectivity index (χ0v) is 9.27. The fraction of sp³-hybridized carbons (Fsp3) is 0.273. The van der Waals surface area contributed by atoms with Crippen LogP contribution in [0, 0.1) is 0 Å². The average molecular weight is 243 g/mol. The molecule has 0 saturated heterocycles. The second-order valence-corrected chi connectivity index (χ2v) is 3.42. The van der Waals surface area contributed by atoms with Crippen LogP contribution in [0.3, 0.4) is 0 Å². The van der Waals surface area contributed by atoms with Gasteiger partial charge in [0.2, 0.25) is 5.24 Å². The highest BCUT2D eigenvalue weighted by molar-refractivity contribution is 6.63. The fourth-order valence-corrected chi connectivity index (χ4v) is 1.07. The summed E-state index contributed by atoms with van der Waals surface area (Å²) in [4.78, 5) is 21.4. The molecule has 0 aliphatic carbocycles. The van der Waals surface area contributed by atoms with Gasteiger partial charge in [0, 0.05) is 0 Å². The molecule has 0 N–H and O–H groups in total. The van der Waals surface area contributed by atoms with Crippen molar-refractivity contribution in [3.63, 3.8) is 0 Å². The molecular formula is C11H11ClO4. The van der Waals surface area contributed by atoms with Crippen molar-refractivity contribution in [2.45, 2.75) is 6.61 Å². The molecule has 0 aliphatic rings. The lowest BCUT2D eigenvalue weighted by molar-refractivity contribution is -0.150. The molecule has 0 unspecified atom stereocenters. The van der Waals surface area contributed by atoms with Crippen molar-refractivity contribution in [3.8, 4) is 0 Å². The van der Waals surface area contributed by atoms with Gasteiger partial charge in [0.1, 0.15) is 19.8 Å². The third-order valence-corrected chi connectivity index (χ3v) is 1.79. The molecule has 0 bridgehead atoms. The van der Waals surface area contributed by atoms with Crippen LogP contribution in [0.4, 0.5) is 0 Å². The quantitative estimate of drug-likeness (QED) is 0.561. The number of esters is 1. The summed E-state index contributed by atoms with van der Waals surface area (Å²) in [5.41, 5.74) is 0.893. The molecule has 0 aliphatic heterocycles. The first-order valence-electron chi connectivity index (χ1n) is 4.64. The van der Waals surface area contributed by atoms with Gasteiger partial charge in [0.25, 0.3) is 0 Å². The molecule has 0 amide bonds. The lowest BCUT2D eigenvalue weighted by Crippen LogP contribution is -2.14. The number of ether oxygens (including phenoxy) is 2. The third kappa shape index (κ3) is 5.48. The number of rotatable bonds is 6. The third-order valence-electron chi connectivity index (χ3n) is 1.68. The maximum Gasteiger partial charge on any atom is 0.332 e. The molecular weight excluding hydrogens is 232 g/mol. The largest absolute Gasteiger partial charge is 0.459 e. The summed E-state index contributed by atoms with van der Waals surface area (Å²) in [7, 11) is 0. The van der Waals surface area contributed by atoms with Crippen molar-refractivity contribution < 1.29 is 19.1 Å². The van der Waals surface area contributed by atoms with Gasteiger partial charge in [-0.15, -0.1) is 0 Å². The van der Waals surface area contributed by atoms with Crippen LogP contribution in [0.1, 0.15) is 5.56 Å². The van der Waals surface area contributed by atoms with E-state index in [1.54, 1.807) is 0 Å². The number of carbonyl (C=O) groups is 2. The Morgan fingerprint density at radius 2 is 1.81 bits per heavy atom. The molecule has 1 aromatic carbocycles. The lowest BCUT2D eigenvalue weighted by atomic mass is 10.2. The van der Waals surface area contributed by atoms with E-state index in [1.807, 2.05) is 30.3 Å². The molecule has 0 heterocycles. The maximum atomic E-state index is 11.1. The van der Waals surface area contributed by atoms with Gasteiger partial charge in [0.05, 0.1) is 0 Å². The number of halogens is 1. The highest BCUT2D eigenvalue weighted by Gasteiger charge is 2.04. The van der Waals surface area contributed by atoms with Crippen LogP contribution in [0.5, 0.6) is 0 Å². The second-order valence-electron chi connectivity index (χ2n) is 2.99. The number of hydrogen-bond acceptors (Lipinski definition) is 4. The maximum absolute atomic E-state index is 11.1. The standard InChI is InChI=1S/C11H11ClO4/c12-10(13)7-15-8-11(14)16-6-9-4-2-1-3-5-9/h1-5H,6-8H2. The van der Waals surface area contributed by atoms with Crippen molar-refractivity contribution in [1.82, 2.24) is 0 Å². The van der Waals surface area contributed by atoms with Crippen molar-refractivity contribution in [2.75, 3.05) is 13.2 Å². The summed E-state index contributed by atoms with van der Waals surface area (Å²) in [6.07, 6.45) is 0. The summed E-state index contributed by atoms with van der Waals surface area (Å²) >= 11 is 5.02. The monoisotopic (exact) mass is 242 g/mol. The fourth-order valence-electron chi connectivity index (χ4n) is 0.994. The van der Waals surface area contributed by atoms with Gasteiger partial charge >= 0.3 is 5.97 Å². The molecule has 0 saturated carbocycles. The van der Waals surface area contributed by atoms with Crippen LogP contribution in [-0.4, -0.2) is 24.4 Å². The minimum absolute atomic E-state index is 0.192. The summed E-state index contributed by atoms with van der Waals surface area (Å²) in [6, 6.07) is 9.27. The summed E-state index contributed by atoms with van der Waals surface area (Å²) in [5, 5.41) is -0.643. The van der Waals surface area contributed by atoms with Gasteiger partial charge in [-0.05, 0) is 17.2 Å². The number of benzene rings is 1. The Morgan fingerprint density at radius 3 is 2.44 bits per heavy atom. The smallest absolute Gasteiger partial charge is 0.332 e. The molecule has 0 spiro atoms. The Labute approximate surface area is 98.1 Å². The minimum Gasteiger partial charge on any atom is -0.459 e. The Bertz CT molecular complexity index is 350. The van der Waals surface area contributed by atoms with Crippen LogP contribution in [0.15, 0.2) is 30.3 Å². The SMILES string of the molecule is O=C(Cl)COCC(=O)OCc1ccccc1. The molecule has 1 rings (SSSR count). The summed E-state index contributed by atoms with van der Waals surface area (Å²) in [5.74, 6) is -0.526. The number of carbonyl (C=O) groups excluding carboxylic acids is 2.